The van der Waals surface area contributed by atoms with Crippen molar-refractivity contribution in [2.24, 2.45) is 4.99 Å². The summed E-state index contributed by atoms with van der Waals surface area (Å²) in [7, 11) is 7.50. The van der Waals surface area contributed by atoms with E-state index >= 15 is 0 Å². The molecule has 0 aliphatic rings. The maximum Gasteiger partial charge on any atom is 0.191 e. The molecule has 0 aliphatic heterocycles. The standard InChI is InChI=1S/C16H28N4O2.HI/c1-17-16(18-9-11-21-4)19-13-14-7-5-6-8-15(14)22-12-10-20(2)3;/h5-8H,9-13H2,1-4H3,(H2,17,18,19);1H. The van der Waals surface area contributed by atoms with Gasteiger partial charge < -0.3 is 25.0 Å². The van der Waals surface area contributed by atoms with Gasteiger partial charge >= 0.3 is 0 Å². The van der Waals surface area contributed by atoms with Crippen LogP contribution in [0.3, 0.4) is 0 Å². The van der Waals surface area contributed by atoms with Crippen LogP contribution in [0.2, 0.25) is 0 Å². The molecule has 2 N–H and O–H groups in total. The predicted octanol–water partition coefficient (Wildman–Crippen LogP) is 1.56. The molecule has 1 rings (SSSR count). The summed E-state index contributed by atoms with van der Waals surface area (Å²) in [6, 6.07) is 8.05. The lowest BCUT2D eigenvalue weighted by atomic mass is 10.2. The molecule has 0 heterocycles. The molecular weight excluding hydrogens is 407 g/mol. The van der Waals surface area contributed by atoms with Crippen molar-refractivity contribution < 1.29 is 9.47 Å². The molecular formula is C16H29IN4O2. The largest absolute Gasteiger partial charge is 0.492 e. The third-order valence-corrected chi connectivity index (χ3v) is 3.04. The van der Waals surface area contributed by atoms with Crippen molar-refractivity contribution in [2.75, 3.05) is 54.6 Å². The number of benzene rings is 1. The third-order valence-electron chi connectivity index (χ3n) is 3.04. The molecule has 0 fully saturated rings. The third kappa shape index (κ3) is 9.62. The molecule has 0 amide bonds. The summed E-state index contributed by atoms with van der Waals surface area (Å²) in [5, 5.41) is 6.46. The average Bonchev–Trinajstić information content (AvgIpc) is 2.51. The monoisotopic (exact) mass is 436 g/mol. The van der Waals surface area contributed by atoms with E-state index < -0.39 is 0 Å². The maximum absolute atomic E-state index is 5.85. The molecule has 0 atom stereocenters. The van der Waals surface area contributed by atoms with E-state index in [4.69, 9.17) is 9.47 Å². The summed E-state index contributed by atoms with van der Waals surface area (Å²) in [5.74, 6) is 1.66. The molecule has 0 aliphatic carbocycles. The van der Waals surface area contributed by atoms with Crippen molar-refractivity contribution in [2.45, 2.75) is 6.54 Å². The van der Waals surface area contributed by atoms with Crippen LogP contribution in [0.5, 0.6) is 5.75 Å². The number of nitrogens with one attached hydrogen (secondary N) is 2. The van der Waals surface area contributed by atoms with Crippen molar-refractivity contribution in [3.63, 3.8) is 0 Å². The fraction of sp³-hybridized carbons (Fsp3) is 0.562. The number of halogens is 1. The topological polar surface area (TPSA) is 58.1 Å². The van der Waals surface area contributed by atoms with Crippen LogP contribution in [-0.2, 0) is 11.3 Å². The van der Waals surface area contributed by atoms with E-state index in [2.05, 4.69) is 26.6 Å². The SMILES string of the molecule is CN=C(NCCOC)NCc1ccccc1OCCN(C)C.I. The van der Waals surface area contributed by atoms with Crippen LogP contribution >= 0.6 is 24.0 Å². The highest BCUT2D eigenvalue weighted by atomic mass is 127. The molecule has 1 aromatic carbocycles. The number of aliphatic imine (C=N–C) groups is 1. The molecule has 7 heteroatoms. The first kappa shape index (κ1) is 21.9. The lowest BCUT2D eigenvalue weighted by Crippen LogP contribution is -2.38. The van der Waals surface area contributed by atoms with Gasteiger partial charge in [-0.15, -0.1) is 24.0 Å². The lowest BCUT2D eigenvalue weighted by molar-refractivity contribution is 0.203. The Hall–Kier alpha value is -1.06. The highest BCUT2D eigenvalue weighted by Gasteiger charge is 2.04. The molecule has 6 nitrogen and oxygen atoms in total. The Morgan fingerprint density at radius 1 is 1.17 bits per heavy atom. The number of hydrogen-bond acceptors (Lipinski definition) is 4. The van der Waals surface area contributed by atoms with E-state index in [0.717, 1.165) is 30.4 Å². The van der Waals surface area contributed by atoms with Gasteiger partial charge in [-0.2, -0.15) is 0 Å². The van der Waals surface area contributed by atoms with E-state index in [9.17, 15) is 0 Å². The molecule has 1 aromatic rings. The molecule has 0 saturated carbocycles. The number of likely N-dealkylation sites (N-methyl/N-ethyl adjacent to an activating group) is 1. The van der Waals surface area contributed by atoms with Crippen LogP contribution in [-0.4, -0.2) is 65.4 Å². The fourth-order valence-electron chi connectivity index (χ4n) is 1.80. The van der Waals surface area contributed by atoms with Gasteiger partial charge in [-0.25, -0.2) is 0 Å². The van der Waals surface area contributed by atoms with Crippen molar-refractivity contribution in [1.29, 1.82) is 0 Å². The smallest absolute Gasteiger partial charge is 0.191 e. The Kier molecular flexibility index (Phi) is 12.8. The number of guanidine groups is 1. The molecule has 0 saturated heterocycles. The second-order valence-corrected chi connectivity index (χ2v) is 5.10. The Morgan fingerprint density at radius 3 is 2.57 bits per heavy atom. The number of ether oxygens (including phenoxy) is 2. The normalized spacial score (nSPS) is 11.1. The Morgan fingerprint density at radius 2 is 1.91 bits per heavy atom. The first-order chi connectivity index (χ1) is 10.7. The van der Waals surface area contributed by atoms with E-state index in [-0.39, 0.29) is 24.0 Å². The molecule has 0 bridgehead atoms. The summed E-state index contributed by atoms with van der Waals surface area (Å²) in [4.78, 5) is 6.28. The fourth-order valence-corrected chi connectivity index (χ4v) is 1.80. The summed E-state index contributed by atoms with van der Waals surface area (Å²) in [5.41, 5.74) is 1.11. The summed E-state index contributed by atoms with van der Waals surface area (Å²) >= 11 is 0. The summed E-state index contributed by atoms with van der Waals surface area (Å²) in [6.45, 7) is 3.58. The van der Waals surface area contributed by atoms with Gasteiger partial charge in [0.1, 0.15) is 12.4 Å². The van der Waals surface area contributed by atoms with Crippen LogP contribution in [0.15, 0.2) is 29.3 Å². The van der Waals surface area contributed by atoms with Crippen molar-refractivity contribution in [3.05, 3.63) is 29.8 Å². The zero-order valence-corrected chi connectivity index (χ0v) is 16.8. The summed E-state index contributed by atoms with van der Waals surface area (Å²) < 4.78 is 10.9. The second kappa shape index (κ2) is 13.4. The summed E-state index contributed by atoms with van der Waals surface area (Å²) in [6.07, 6.45) is 0. The number of rotatable bonds is 9. The van der Waals surface area contributed by atoms with E-state index in [1.807, 2.05) is 32.3 Å². The Bertz CT molecular complexity index is 455. The minimum absolute atomic E-state index is 0. The minimum Gasteiger partial charge on any atom is -0.492 e. The van der Waals surface area contributed by atoms with Gasteiger partial charge in [-0.05, 0) is 20.2 Å². The molecule has 0 unspecified atom stereocenters. The molecule has 0 radical (unpaired) electrons. The first-order valence-electron chi connectivity index (χ1n) is 7.46. The van der Waals surface area contributed by atoms with Gasteiger partial charge in [-0.3, -0.25) is 4.99 Å². The number of nitrogens with zero attached hydrogens (tertiary/aromatic N) is 2. The van der Waals surface area contributed by atoms with Crippen molar-refractivity contribution in [1.82, 2.24) is 15.5 Å². The second-order valence-electron chi connectivity index (χ2n) is 5.10. The van der Waals surface area contributed by atoms with Crippen molar-refractivity contribution in [3.8, 4) is 5.75 Å². The Balaban J connectivity index is 0.00000484. The van der Waals surface area contributed by atoms with E-state index in [0.29, 0.717) is 19.8 Å². The van der Waals surface area contributed by atoms with Gasteiger partial charge in [-0.1, -0.05) is 18.2 Å². The van der Waals surface area contributed by atoms with Crippen molar-refractivity contribution >= 4 is 29.9 Å². The van der Waals surface area contributed by atoms with E-state index in [1.165, 1.54) is 0 Å². The number of para-hydroxylation sites is 1. The molecule has 0 spiro atoms. The van der Waals surface area contributed by atoms with E-state index in [1.54, 1.807) is 14.2 Å². The van der Waals surface area contributed by atoms with Crippen LogP contribution in [0.4, 0.5) is 0 Å². The van der Waals surface area contributed by atoms with Crippen LogP contribution in [0.25, 0.3) is 0 Å². The average molecular weight is 436 g/mol. The lowest BCUT2D eigenvalue weighted by Gasteiger charge is -2.16. The van der Waals surface area contributed by atoms with Gasteiger partial charge in [0.2, 0.25) is 0 Å². The predicted molar refractivity (Wildman–Crippen MR) is 106 cm³/mol. The zero-order valence-electron chi connectivity index (χ0n) is 14.5. The highest BCUT2D eigenvalue weighted by Crippen LogP contribution is 2.17. The maximum atomic E-state index is 5.85. The molecule has 132 valence electrons. The van der Waals surface area contributed by atoms with Gasteiger partial charge in [0.25, 0.3) is 0 Å². The first-order valence-corrected chi connectivity index (χ1v) is 7.46. The Labute approximate surface area is 156 Å². The van der Waals surface area contributed by atoms with Crippen LogP contribution < -0.4 is 15.4 Å². The van der Waals surface area contributed by atoms with Gasteiger partial charge in [0.15, 0.2) is 5.96 Å². The minimum atomic E-state index is 0. The zero-order chi connectivity index (χ0) is 16.2. The quantitative estimate of drug-likeness (QED) is 0.266. The van der Waals surface area contributed by atoms with Crippen LogP contribution in [0, 0.1) is 0 Å². The molecule has 0 aromatic heterocycles. The van der Waals surface area contributed by atoms with Crippen LogP contribution in [0.1, 0.15) is 5.56 Å². The molecule has 23 heavy (non-hydrogen) atoms. The van der Waals surface area contributed by atoms with Gasteiger partial charge in [0.05, 0.1) is 6.61 Å². The van der Waals surface area contributed by atoms with Gasteiger partial charge in [0, 0.05) is 39.4 Å². The number of hydrogen-bond donors (Lipinski definition) is 2. The highest BCUT2D eigenvalue weighted by molar-refractivity contribution is 14.0. The number of methoxy groups -OCH3 is 1.